The monoisotopic (exact) mass is 360 g/mol. The fourth-order valence-corrected chi connectivity index (χ4v) is 2.70. The molecule has 0 bridgehead atoms. The van der Waals surface area contributed by atoms with E-state index in [-0.39, 0.29) is 17.8 Å². The van der Waals surface area contributed by atoms with Gasteiger partial charge in [-0.1, -0.05) is 36.4 Å². The molecule has 0 aliphatic carbocycles. The van der Waals surface area contributed by atoms with Crippen molar-refractivity contribution < 1.29 is 9.59 Å². The lowest BCUT2D eigenvalue weighted by molar-refractivity contribution is 0.101. The highest BCUT2D eigenvalue weighted by atomic mass is 16.2. The summed E-state index contributed by atoms with van der Waals surface area (Å²) in [5, 5.41) is 5.46. The number of carbonyl (C=O) groups is 2. The Morgan fingerprint density at radius 3 is 1.81 bits per heavy atom. The van der Waals surface area contributed by atoms with E-state index in [2.05, 4.69) is 20.6 Å². The molecule has 3 rings (SSSR count). The molecule has 27 heavy (non-hydrogen) atoms. The number of aryl methyl sites for hydroxylation is 3. The molecule has 2 N–H and O–H groups in total. The Labute approximate surface area is 157 Å². The molecule has 0 spiro atoms. The van der Waals surface area contributed by atoms with Crippen molar-refractivity contribution in [3.8, 4) is 0 Å². The summed E-state index contributed by atoms with van der Waals surface area (Å²) in [5.74, 6) is -0.0866. The van der Waals surface area contributed by atoms with Gasteiger partial charge in [0.25, 0.3) is 11.8 Å². The second kappa shape index (κ2) is 7.78. The molecule has 3 aromatic rings. The molecule has 0 aliphatic rings. The number of anilines is 2. The summed E-state index contributed by atoms with van der Waals surface area (Å²) in [6, 6.07) is 16.2. The van der Waals surface area contributed by atoms with Crippen molar-refractivity contribution in [3.63, 3.8) is 0 Å². The van der Waals surface area contributed by atoms with Gasteiger partial charge < -0.3 is 5.32 Å². The molecule has 6 nitrogen and oxygen atoms in total. The second-order valence-electron chi connectivity index (χ2n) is 6.26. The molecule has 0 atom stereocenters. The van der Waals surface area contributed by atoms with Gasteiger partial charge in [0.2, 0.25) is 5.95 Å². The van der Waals surface area contributed by atoms with E-state index in [9.17, 15) is 9.59 Å². The third-order valence-corrected chi connectivity index (χ3v) is 4.10. The van der Waals surface area contributed by atoms with Gasteiger partial charge in [-0.05, 0) is 44.0 Å². The summed E-state index contributed by atoms with van der Waals surface area (Å²) in [7, 11) is 0. The zero-order valence-corrected chi connectivity index (χ0v) is 15.4. The number of benzene rings is 2. The molecule has 0 saturated carbocycles. The highest BCUT2D eigenvalue weighted by Crippen LogP contribution is 2.15. The molecule has 2 aromatic carbocycles. The van der Waals surface area contributed by atoms with Crippen molar-refractivity contribution in [1.29, 1.82) is 0 Å². The van der Waals surface area contributed by atoms with Gasteiger partial charge in [0, 0.05) is 22.9 Å². The highest BCUT2D eigenvalue weighted by molar-refractivity contribution is 6.06. The average molecular weight is 360 g/mol. The fraction of sp³-hybridized carbons (Fsp3) is 0.143. The van der Waals surface area contributed by atoms with Crippen LogP contribution in [0.25, 0.3) is 0 Å². The maximum Gasteiger partial charge on any atom is 0.258 e. The molecule has 0 saturated heterocycles. The lowest BCUT2D eigenvalue weighted by Crippen LogP contribution is -2.18. The molecule has 0 aliphatic heterocycles. The average Bonchev–Trinajstić information content (AvgIpc) is 2.61. The summed E-state index contributed by atoms with van der Waals surface area (Å²) in [6.45, 7) is 5.50. The second-order valence-corrected chi connectivity index (χ2v) is 6.26. The van der Waals surface area contributed by atoms with Gasteiger partial charge >= 0.3 is 0 Å². The molecule has 2 amide bonds. The Morgan fingerprint density at radius 2 is 1.26 bits per heavy atom. The van der Waals surface area contributed by atoms with E-state index in [1.807, 2.05) is 38.1 Å². The number of carbonyl (C=O) groups excluding carboxylic acids is 2. The number of nitrogens with zero attached hydrogens (tertiary/aromatic N) is 2. The van der Waals surface area contributed by atoms with Crippen molar-refractivity contribution in [2.75, 3.05) is 10.6 Å². The van der Waals surface area contributed by atoms with Crippen LogP contribution in [0.2, 0.25) is 0 Å². The first-order valence-electron chi connectivity index (χ1n) is 8.53. The maximum atomic E-state index is 12.5. The predicted molar refractivity (Wildman–Crippen MR) is 105 cm³/mol. The Morgan fingerprint density at radius 1 is 0.741 bits per heavy atom. The van der Waals surface area contributed by atoms with Crippen LogP contribution in [0.4, 0.5) is 11.8 Å². The van der Waals surface area contributed by atoms with Gasteiger partial charge in [0.15, 0.2) is 0 Å². The van der Waals surface area contributed by atoms with Gasteiger partial charge in [-0.3, -0.25) is 14.9 Å². The van der Waals surface area contributed by atoms with Gasteiger partial charge in [-0.2, -0.15) is 4.98 Å². The maximum absolute atomic E-state index is 12.5. The van der Waals surface area contributed by atoms with Crippen LogP contribution in [0.5, 0.6) is 0 Å². The van der Waals surface area contributed by atoms with E-state index in [1.165, 1.54) is 0 Å². The van der Waals surface area contributed by atoms with Gasteiger partial charge in [-0.25, -0.2) is 4.98 Å². The van der Waals surface area contributed by atoms with Crippen LogP contribution in [0.3, 0.4) is 0 Å². The largest absolute Gasteiger partial charge is 0.306 e. The summed E-state index contributed by atoms with van der Waals surface area (Å²) in [6.07, 6.45) is 0. The number of aromatic nitrogens is 2. The topological polar surface area (TPSA) is 84.0 Å². The number of amides is 2. The minimum absolute atomic E-state index is 0.142. The lowest BCUT2D eigenvalue weighted by Gasteiger charge is -2.10. The van der Waals surface area contributed by atoms with E-state index in [4.69, 9.17) is 0 Å². The quantitative estimate of drug-likeness (QED) is 0.739. The number of nitrogens with one attached hydrogen (secondary N) is 2. The van der Waals surface area contributed by atoms with Crippen molar-refractivity contribution >= 4 is 23.6 Å². The Hall–Kier alpha value is -3.54. The molecule has 0 fully saturated rings. The molecule has 1 aromatic heterocycles. The molecule has 0 unspecified atom stereocenters. The van der Waals surface area contributed by atoms with E-state index in [0.717, 1.165) is 11.1 Å². The van der Waals surface area contributed by atoms with E-state index in [0.29, 0.717) is 22.6 Å². The van der Waals surface area contributed by atoms with Crippen LogP contribution >= 0.6 is 0 Å². The fourth-order valence-electron chi connectivity index (χ4n) is 2.70. The number of hydrogen-bond acceptors (Lipinski definition) is 4. The van der Waals surface area contributed by atoms with Crippen molar-refractivity contribution in [3.05, 3.63) is 82.5 Å². The highest BCUT2D eigenvalue weighted by Gasteiger charge is 2.13. The van der Waals surface area contributed by atoms with Crippen LogP contribution in [-0.2, 0) is 0 Å². The van der Waals surface area contributed by atoms with Crippen molar-refractivity contribution in [2.24, 2.45) is 0 Å². The molecule has 6 heteroatoms. The van der Waals surface area contributed by atoms with Crippen LogP contribution in [0.1, 0.15) is 37.5 Å². The minimum atomic E-state index is -0.296. The van der Waals surface area contributed by atoms with E-state index < -0.39 is 0 Å². The Kier molecular flexibility index (Phi) is 5.26. The first-order valence-corrected chi connectivity index (χ1v) is 8.53. The smallest absolute Gasteiger partial charge is 0.258 e. The number of rotatable bonds is 4. The SMILES string of the molecule is Cc1cc(NC(=O)c2ccccc2C)nc(NC(=O)c2ccccc2C)n1. The van der Waals surface area contributed by atoms with Crippen molar-refractivity contribution in [1.82, 2.24) is 9.97 Å². The third-order valence-electron chi connectivity index (χ3n) is 4.10. The predicted octanol–water partition coefficient (Wildman–Crippen LogP) is 3.91. The van der Waals surface area contributed by atoms with Crippen LogP contribution in [0, 0.1) is 20.8 Å². The van der Waals surface area contributed by atoms with Crippen LogP contribution < -0.4 is 10.6 Å². The molecule has 136 valence electrons. The zero-order valence-electron chi connectivity index (χ0n) is 15.4. The third kappa shape index (κ3) is 4.36. The minimum Gasteiger partial charge on any atom is -0.306 e. The summed E-state index contributed by atoms with van der Waals surface area (Å²) >= 11 is 0. The van der Waals surface area contributed by atoms with Crippen molar-refractivity contribution in [2.45, 2.75) is 20.8 Å². The molecule has 0 radical (unpaired) electrons. The van der Waals surface area contributed by atoms with Crippen LogP contribution in [-0.4, -0.2) is 21.8 Å². The molecule has 1 heterocycles. The van der Waals surface area contributed by atoms with Gasteiger partial charge in [0.05, 0.1) is 0 Å². The normalized spacial score (nSPS) is 10.3. The summed E-state index contributed by atoms with van der Waals surface area (Å²) in [4.78, 5) is 33.4. The first-order chi connectivity index (χ1) is 12.9. The summed E-state index contributed by atoms with van der Waals surface area (Å²) < 4.78 is 0. The van der Waals surface area contributed by atoms with E-state index >= 15 is 0 Å². The Balaban J connectivity index is 1.80. The Bertz CT molecular complexity index is 937. The molecular weight excluding hydrogens is 340 g/mol. The van der Waals surface area contributed by atoms with Gasteiger partial charge in [0.1, 0.15) is 5.82 Å². The summed E-state index contributed by atoms with van der Waals surface area (Å²) in [5.41, 5.74) is 3.47. The molecular formula is C21H20N4O2. The standard InChI is InChI=1S/C21H20N4O2/c1-13-8-4-6-10-16(13)19(26)23-18-12-15(3)22-21(24-18)25-20(27)17-11-7-5-9-14(17)2/h4-12H,1-3H3,(H2,22,23,24,25,26,27). The number of hydrogen-bond donors (Lipinski definition) is 2. The van der Waals surface area contributed by atoms with Gasteiger partial charge in [-0.15, -0.1) is 0 Å². The zero-order chi connectivity index (χ0) is 19.4. The van der Waals surface area contributed by atoms with Crippen LogP contribution in [0.15, 0.2) is 54.6 Å². The lowest BCUT2D eigenvalue weighted by atomic mass is 10.1. The van der Waals surface area contributed by atoms with E-state index in [1.54, 1.807) is 37.3 Å². The first kappa shape index (κ1) is 18.3.